The smallest absolute Gasteiger partial charge is 0.128 e. The second-order valence-electron chi connectivity index (χ2n) is 4.09. The minimum Gasteiger partial charge on any atom is -0.389 e. The van der Waals surface area contributed by atoms with Gasteiger partial charge in [-0.15, -0.1) is 0 Å². The van der Waals surface area contributed by atoms with Crippen LogP contribution in [-0.4, -0.2) is 4.99 Å². The first-order valence-corrected chi connectivity index (χ1v) is 6.80. The topological polar surface area (TPSA) is 38.0 Å². The molecule has 2 rings (SSSR count). The lowest BCUT2D eigenvalue weighted by Gasteiger charge is -2.14. The third-order valence-electron chi connectivity index (χ3n) is 2.78. The molecule has 98 valence electrons. The molecular formula is C14H12BrFN2S. The Morgan fingerprint density at radius 2 is 2.00 bits per heavy atom. The lowest BCUT2D eigenvalue weighted by molar-refractivity contribution is 0.619. The van der Waals surface area contributed by atoms with Gasteiger partial charge in [-0.3, -0.25) is 0 Å². The van der Waals surface area contributed by atoms with Gasteiger partial charge in [0.15, 0.2) is 0 Å². The van der Waals surface area contributed by atoms with Crippen molar-refractivity contribution in [2.24, 2.45) is 5.73 Å². The molecule has 0 aliphatic heterocycles. The molecule has 0 bridgehead atoms. The second kappa shape index (κ2) is 5.67. The van der Waals surface area contributed by atoms with Crippen molar-refractivity contribution in [3.63, 3.8) is 0 Å². The number of hydrogen-bond donors (Lipinski definition) is 2. The number of rotatable bonds is 3. The lowest BCUT2D eigenvalue weighted by atomic mass is 10.1. The van der Waals surface area contributed by atoms with Gasteiger partial charge in [0.25, 0.3) is 0 Å². The number of anilines is 2. The Hall–Kier alpha value is -1.46. The number of nitrogens with one attached hydrogen (secondary N) is 1. The minimum absolute atomic E-state index is 0.251. The van der Waals surface area contributed by atoms with E-state index in [9.17, 15) is 4.39 Å². The Morgan fingerprint density at radius 1 is 1.26 bits per heavy atom. The number of hydrogen-bond acceptors (Lipinski definition) is 2. The molecule has 0 atom stereocenters. The summed E-state index contributed by atoms with van der Waals surface area (Å²) in [5.41, 5.74) is 8.42. The van der Waals surface area contributed by atoms with Crippen LogP contribution in [0.4, 0.5) is 15.8 Å². The Kier molecular flexibility index (Phi) is 4.17. The first-order valence-electron chi connectivity index (χ1n) is 5.60. The third-order valence-corrected chi connectivity index (χ3v) is 3.50. The SMILES string of the molecule is Cc1c(F)cccc1Nc1ccc(Br)cc1C(N)=S. The molecular weight excluding hydrogens is 327 g/mol. The van der Waals surface area contributed by atoms with Crippen molar-refractivity contribution in [2.75, 3.05) is 5.32 Å². The van der Waals surface area contributed by atoms with Gasteiger partial charge in [0.05, 0.1) is 0 Å². The average Bonchev–Trinajstić information content (AvgIpc) is 2.36. The van der Waals surface area contributed by atoms with Gasteiger partial charge in [-0.1, -0.05) is 34.2 Å². The molecule has 2 aromatic carbocycles. The molecule has 0 heterocycles. The number of benzene rings is 2. The molecule has 0 aromatic heterocycles. The van der Waals surface area contributed by atoms with E-state index in [1.165, 1.54) is 6.07 Å². The van der Waals surface area contributed by atoms with Gasteiger partial charge < -0.3 is 11.1 Å². The Balaban J connectivity index is 2.44. The third kappa shape index (κ3) is 3.11. The highest BCUT2D eigenvalue weighted by Crippen LogP contribution is 2.27. The monoisotopic (exact) mass is 338 g/mol. The molecule has 5 heteroatoms. The summed E-state index contributed by atoms with van der Waals surface area (Å²) in [6.45, 7) is 1.72. The molecule has 0 fully saturated rings. The quantitative estimate of drug-likeness (QED) is 0.820. The van der Waals surface area contributed by atoms with Crippen molar-refractivity contribution in [2.45, 2.75) is 6.92 Å². The van der Waals surface area contributed by atoms with E-state index in [0.29, 0.717) is 16.8 Å². The number of halogens is 2. The highest BCUT2D eigenvalue weighted by molar-refractivity contribution is 9.10. The predicted octanol–water partition coefficient (Wildman–Crippen LogP) is 4.27. The molecule has 0 radical (unpaired) electrons. The van der Waals surface area contributed by atoms with Crippen LogP contribution < -0.4 is 11.1 Å². The summed E-state index contributed by atoms with van der Waals surface area (Å²) in [7, 11) is 0. The standard InChI is InChI=1S/C14H12BrFN2S/c1-8-11(16)3-2-4-12(8)18-13-6-5-9(15)7-10(13)14(17)19/h2-7,18H,1H3,(H2,17,19). The summed E-state index contributed by atoms with van der Waals surface area (Å²) in [6, 6.07) is 10.4. The van der Waals surface area contributed by atoms with Gasteiger partial charge in [-0.05, 0) is 37.3 Å². The van der Waals surface area contributed by atoms with Crippen molar-refractivity contribution in [3.8, 4) is 0 Å². The van der Waals surface area contributed by atoms with Gasteiger partial charge in [0.2, 0.25) is 0 Å². The normalized spacial score (nSPS) is 10.3. The van der Waals surface area contributed by atoms with Crippen molar-refractivity contribution < 1.29 is 4.39 Å². The van der Waals surface area contributed by atoms with E-state index in [1.54, 1.807) is 13.0 Å². The van der Waals surface area contributed by atoms with Gasteiger partial charge >= 0.3 is 0 Å². The molecule has 0 amide bonds. The van der Waals surface area contributed by atoms with Crippen LogP contribution >= 0.6 is 28.1 Å². The molecule has 0 unspecified atom stereocenters. The zero-order valence-electron chi connectivity index (χ0n) is 10.2. The van der Waals surface area contributed by atoms with E-state index in [1.807, 2.05) is 24.3 Å². The number of thiocarbonyl (C=S) groups is 1. The highest BCUT2D eigenvalue weighted by Gasteiger charge is 2.09. The summed E-state index contributed by atoms with van der Waals surface area (Å²) in [4.78, 5) is 0.290. The molecule has 0 spiro atoms. The fourth-order valence-corrected chi connectivity index (χ4v) is 2.25. The van der Waals surface area contributed by atoms with Crippen LogP contribution in [0.5, 0.6) is 0 Å². The van der Waals surface area contributed by atoms with E-state index in [-0.39, 0.29) is 10.8 Å². The van der Waals surface area contributed by atoms with Crippen LogP contribution in [0.25, 0.3) is 0 Å². The summed E-state index contributed by atoms with van der Waals surface area (Å²) in [5.74, 6) is -0.251. The van der Waals surface area contributed by atoms with E-state index in [2.05, 4.69) is 21.2 Å². The largest absolute Gasteiger partial charge is 0.389 e. The van der Waals surface area contributed by atoms with Gasteiger partial charge in [-0.25, -0.2) is 4.39 Å². The highest BCUT2D eigenvalue weighted by atomic mass is 79.9. The van der Waals surface area contributed by atoms with Crippen LogP contribution in [0.2, 0.25) is 0 Å². The van der Waals surface area contributed by atoms with E-state index >= 15 is 0 Å². The lowest BCUT2D eigenvalue weighted by Crippen LogP contribution is -2.12. The van der Waals surface area contributed by atoms with Crippen molar-refractivity contribution in [1.29, 1.82) is 0 Å². The van der Waals surface area contributed by atoms with Crippen LogP contribution in [0.1, 0.15) is 11.1 Å². The van der Waals surface area contributed by atoms with Crippen molar-refractivity contribution in [1.82, 2.24) is 0 Å². The zero-order valence-corrected chi connectivity index (χ0v) is 12.6. The summed E-state index contributed by atoms with van der Waals surface area (Å²) >= 11 is 8.40. The maximum Gasteiger partial charge on any atom is 0.128 e. The Bertz CT molecular complexity index is 643. The number of nitrogens with two attached hydrogens (primary N) is 1. The summed E-state index contributed by atoms with van der Waals surface area (Å²) < 4.78 is 14.4. The first-order chi connectivity index (χ1) is 8.99. The van der Waals surface area contributed by atoms with Gasteiger partial charge in [0.1, 0.15) is 10.8 Å². The van der Waals surface area contributed by atoms with E-state index < -0.39 is 0 Å². The van der Waals surface area contributed by atoms with Gasteiger partial charge in [-0.2, -0.15) is 0 Å². The van der Waals surface area contributed by atoms with Crippen molar-refractivity contribution >= 4 is 44.5 Å². The van der Waals surface area contributed by atoms with Crippen LogP contribution in [-0.2, 0) is 0 Å². The van der Waals surface area contributed by atoms with Crippen LogP contribution in [0.3, 0.4) is 0 Å². The maximum absolute atomic E-state index is 13.5. The van der Waals surface area contributed by atoms with E-state index in [0.717, 1.165) is 10.2 Å². The Morgan fingerprint density at radius 3 is 2.68 bits per heavy atom. The fourth-order valence-electron chi connectivity index (χ4n) is 1.72. The molecule has 0 saturated carbocycles. The second-order valence-corrected chi connectivity index (χ2v) is 5.45. The fraction of sp³-hybridized carbons (Fsp3) is 0.0714. The Labute approximate surface area is 124 Å². The van der Waals surface area contributed by atoms with Crippen molar-refractivity contribution in [3.05, 3.63) is 57.8 Å². The molecule has 19 heavy (non-hydrogen) atoms. The minimum atomic E-state index is -0.251. The first kappa shape index (κ1) is 14.0. The van der Waals surface area contributed by atoms with Crippen LogP contribution in [0.15, 0.2) is 40.9 Å². The maximum atomic E-state index is 13.5. The molecule has 3 N–H and O–H groups in total. The molecule has 2 aromatic rings. The van der Waals surface area contributed by atoms with Gasteiger partial charge in [0, 0.05) is 27.0 Å². The predicted molar refractivity (Wildman–Crippen MR) is 84.4 cm³/mol. The van der Waals surface area contributed by atoms with E-state index in [4.69, 9.17) is 18.0 Å². The molecule has 2 nitrogen and oxygen atoms in total. The molecule has 0 aliphatic carbocycles. The summed E-state index contributed by atoms with van der Waals surface area (Å²) in [6.07, 6.45) is 0. The van der Waals surface area contributed by atoms with Crippen LogP contribution in [0, 0.1) is 12.7 Å². The average molecular weight is 339 g/mol. The zero-order chi connectivity index (χ0) is 14.0. The summed E-state index contributed by atoms with van der Waals surface area (Å²) in [5, 5.41) is 3.16. The molecule has 0 saturated heterocycles. The molecule has 0 aliphatic rings.